The Morgan fingerprint density at radius 1 is 0.800 bits per heavy atom. The van der Waals surface area contributed by atoms with Gasteiger partial charge in [0, 0.05) is 12.1 Å². The molecular formula is C26H20N2O2. The lowest BCUT2D eigenvalue weighted by atomic mass is 9.72. The average Bonchev–Trinajstić information content (AvgIpc) is 2.79. The molecule has 0 fully saturated rings. The number of nitro benzene ring substituents is 1. The van der Waals surface area contributed by atoms with Crippen LogP contribution in [0.5, 0.6) is 0 Å². The summed E-state index contributed by atoms with van der Waals surface area (Å²) in [5.74, 6) is 0. The molecule has 4 nitrogen and oxygen atoms in total. The van der Waals surface area contributed by atoms with Crippen molar-refractivity contribution in [1.82, 2.24) is 0 Å². The summed E-state index contributed by atoms with van der Waals surface area (Å²) in [5.41, 5.74) is 2.10. The second-order valence-electron chi connectivity index (χ2n) is 7.48. The van der Waals surface area contributed by atoms with Crippen molar-refractivity contribution in [3.63, 3.8) is 0 Å². The van der Waals surface area contributed by atoms with E-state index in [1.807, 2.05) is 48.5 Å². The summed E-state index contributed by atoms with van der Waals surface area (Å²) in [5, 5.41) is 23.8. The number of benzene rings is 4. The van der Waals surface area contributed by atoms with E-state index in [1.165, 1.54) is 12.1 Å². The van der Waals surface area contributed by atoms with Crippen molar-refractivity contribution in [2.75, 3.05) is 0 Å². The van der Waals surface area contributed by atoms with Gasteiger partial charge in [-0.1, -0.05) is 84.9 Å². The number of rotatable bonds is 6. The van der Waals surface area contributed by atoms with Crippen LogP contribution in [0.4, 0.5) is 5.69 Å². The van der Waals surface area contributed by atoms with Gasteiger partial charge in [-0.3, -0.25) is 10.1 Å². The van der Waals surface area contributed by atoms with Crippen molar-refractivity contribution in [3.8, 4) is 6.07 Å². The third kappa shape index (κ3) is 3.78. The quantitative estimate of drug-likeness (QED) is 0.299. The van der Waals surface area contributed by atoms with Crippen LogP contribution >= 0.6 is 0 Å². The van der Waals surface area contributed by atoms with Gasteiger partial charge in [0.25, 0.3) is 5.69 Å². The predicted molar refractivity (Wildman–Crippen MR) is 118 cm³/mol. The lowest BCUT2D eigenvalue weighted by molar-refractivity contribution is -0.384. The van der Waals surface area contributed by atoms with Gasteiger partial charge in [-0.25, -0.2) is 0 Å². The molecule has 4 rings (SSSR count). The van der Waals surface area contributed by atoms with Crippen molar-refractivity contribution in [2.45, 2.75) is 18.3 Å². The molecule has 0 N–H and O–H groups in total. The van der Waals surface area contributed by atoms with E-state index in [-0.39, 0.29) is 5.69 Å². The average molecular weight is 392 g/mol. The number of nitriles is 1. The highest BCUT2D eigenvalue weighted by atomic mass is 16.6. The number of fused-ring (bicyclic) bond motifs is 1. The fourth-order valence-corrected chi connectivity index (χ4v) is 4.03. The Hall–Kier alpha value is -3.97. The summed E-state index contributed by atoms with van der Waals surface area (Å²) >= 11 is 0. The Balaban J connectivity index is 1.84. The van der Waals surface area contributed by atoms with Crippen molar-refractivity contribution in [3.05, 3.63) is 124 Å². The molecule has 1 unspecified atom stereocenters. The lowest BCUT2D eigenvalue weighted by Crippen LogP contribution is -2.30. The summed E-state index contributed by atoms with van der Waals surface area (Å²) in [6.07, 6.45) is 1.03. The fraction of sp³-hybridized carbons (Fsp3) is 0.115. The zero-order valence-electron chi connectivity index (χ0n) is 16.4. The maximum absolute atomic E-state index is 11.1. The van der Waals surface area contributed by atoms with Gasteiger partial charge in [0.2, 0.25) is 0 Å². The number of hydrogen-bond acceptors (Lipinski definition) is 3. The molecule has 0 saturated heterocycles. The molecule has 4 heteroatoms. The van der Waals surface area contributed by atoms with E-state index < -0.39 is 10.3 Å². The van der Waals surface area contributed by atoms with Crippen LogP contribution in [0.2, 0.25) is 0 Å². The summed E-state index contributed by atoms with van der Waals surface area (Å²) in [7, 11) is 0. The summed E-state index contributed by atoms with van der Waals surface area (Å²) in [6, 6.07) is 33.2. The normalized spacial score (nSPS) is 12.8. The Morgan fingerprint density at radius 3 is 2.17 bits per heavy atom. The molecule has 0 heterocycles. The van der Waals surface area contributed by atoms with E-state index in [2.05, 4.69) is 30.3 Å². The summed E-state index contributed by atoms with van der Waals surface area (Å²) in [6.45, 7) is 0. The van der Waals surface area contributed by atoms with Crippen LogP contribution in [-0.2, 0) is 18.3 Å². The summed E-state index contributed by atoms with van der Waals surface area (Å²) < 4.78 is 0. The minimum absolute atomic E-state index is 0.0236. The van der Waals surface area contributed by atoms with Crippen LogP contribution < -0.4 is 0 Å². The standard InChI is InChI=1S/C26H20N2O2/c27-19-26(17-20-7-2-1-3-8-20,23-13-15-24(16-14-23)28(29)30)18-22-11-6-10-21-9-4-5-12-25(21)22/h1-16H,17-18H2. The second kappa shape index (κ2) is 8.18. The van der Waals surface area contributed by atoms with Gasteiger partial charge in [0.1, 0.15) is 0 Å². The topological polar surface area (TPSA) is 66.9 Å². The molecule has 1 atom stereocenters. The van der Waals surface area contributed by atoms with Crippen LogP contribution in [0.25, 0.3) is 10.8 Å². The first-order valence-electron chi connectivity index (χ1n) is 9.78. The highest BCUT2D eigenvalue weighted by Crippen LogP contribution is 2.35. The molecule has 0 radical (unpaired) electrons. The Morgan fingerprint density at radius 2 is 1.47 bits per heavy atom. The number of non-ortho nitro benzene ring substituents is 1. The van der Waals surface area contributed by atoms with E-state index >= 15 is 0 Å². The highest BCUT2D eigenvalue weighted by Gasteiger charge is 2.34. The maximum atomic E-state index is 11.1. The van der Waals surface area contributed by atoms with Crippen molar-refractivity contribution >= 4 is 16.5 Å². The van der Waals surface area contributed by atoms with Crippen LogP contribution in [0, 0.1) is 21.4 Å². The lowest BCUT2D eigenvalue weighted by Gasteiger charge is -2.28. The molecule has 0 amide bonds. The third-order valence-electron chi connectivity index (χ3n) is 5.57. The SMILES string of the molecule is N#CC(Cc1ccccc1)(Cc1cccc2ccccc12)c1ccc([N+](=O)[O-])cc1. The van der Waals surface area contributed by atoms with Crippen molar-refractivity contribution < 1.29 is 4.92 Å². The van der Waals surface area contributed by atoms with E-state index in [1.54, 1.807) is 12.1 Å². The van der Waals surface area contributed by atoms with E-state index in [4.69, 9.17) is 0 Å². The molecular weight excluding hydrogens is 372 g/mol. The molecule has 146 valence electrons. The molecule has 0 aromatic heterocycles. The smallest absolute Gasteiger partial charge is 0.258 e. The van der Waals surface area contributed by atoms with Crippen LogP contribution in [0.15, 0.2) is 97.1 Å². The van der Waals surface area contributed by atoms with Crippen LogP contribution in [0.1, 0.15) is 16.7 Å². The van der Waals surface area contributed by atoms with Gasteiger partial charge in [0.05, 0.1) is 16.4 Å². The minimum atomic E-state index is -0.847. The molecule has 4 aromatic carbocycles. The number of hydrogen-bond donors (Lipinski definition) is 0. The molecule has 0 aliphatic carbocycles. The Kier molecular flexibility index (Phi) is 5.28. The molecule has 0 bridgehead atoms. The van der Waals surface area contributed by atoms with Gasteiger partial charge in [0.15, 0.2) is 0 Å². The van der Waals surface area contributed by atoms with Gasteiger partial charge in [-0.05, 0) is 40.3 Å². The zero-order valence-corrected chi connectivity index (χ0v) is 16.4. The van der Waals surface area contributed by atoms with Crippen LogP contribution in [0.3, 0.4) is 0 Å². The predicted octanol–water partition coefficient (Wildman–Crippen LogP) is 5.99. The first-order valence-corrected chi connectivity index (χ1v) is 9.78. The molecule has 0 aliphatic rings. The minimum Gasteiger partial charge on any atom is -0.258 e. The van der Waals surface area contributed by atoms with Gasteiger partial charge in [-0.15, -0.1) is 0 Å². The molecule has 0 aliphatic heterocycles. The van der Waals surface area contributed by atoms with Crippen molar-refractivity contribution in [2.24, 2.45) is 0 Å². The third-order valence-corrected chi connectivity index (χ3v) is 5.57. The zero-order chi connectivity index (χ0) is 21.0. The fourth-order valence-electron chi connectivity index (χ4n) is 4.03. The Bertz CT molecular complexity index is 1220. The second-order valence-corrected chi connectivity index (χ2v) is 7.48. The maximum Gasteiger partial charge on any atom is 0.269 e. The molecule has 0 spiro atoms. The van der Waals surface area contributed by atoms with E-state index in [9.17, 15) is 15.4 Å². The largest absolute Gasteiger partial charge is 0.269 e. The Labute approximate surface area is 175 Å². The molecule has 0 saturated carbocycles. The van der Waals surface area contributed by atoms with E-state index in [0.717, 1.165) is 27.5 Å². The van der Waals surface area contributed by atoms with Gasteiger partial charge in [-0.2, -0.15) is 5.26 Å². The monoisotopic (exact) mass is 392 g/mol. The van der Waals surface area contributed by atoms with Crippen LogP contribution in [-0.4, -0.2) is 4.92 Å². The molecule has 4 aromatic rings. The van der Waals surface area contributed by atoms with E-state index in [0.29, 0.717) is 12.8 Å². The van der Waals surface area contributed by atoms with Gasteiger partial charge >= 0.3 is 0 Å². The summed E-state index contributed by atoms with van der Waals surface area (Å²) in [4.78, 5) is 10.7. The highest BCUT2D eigenvalue weighted by molar-refractivity contribution is 5.85. The first kappa shape index (κ1) is 19.4. The first-order chi connectivity index (χ1) is 14.6. The van der Waals surface area contributed by atoms with Crippen molar-refractivity contribution in [1.29, 1.82) is 5.26 Å². The number of nitrogens with zero attached hydrogens (tertiary/aromatic N) is 2. The molecule has 30 heavy (non-hydrogen) atoms. The van der Waals surface area contributed by atoms with Gasteiger partial charge < -0.3 is 0 Å². The number of nitro groups is 1.